The zero-order chi connectivity index (χ0) is 17.5. The largest absolute Gasteiger partial charge is 0.376 e. The topological polar surface area (TPSA) is 66.5 Å². The van der Waals surface area contributed by atoms with Crippen LogP contribution < -0.4 is 15.5 Å². The highest BCUT2D eigenvalue weighted by Gasteiger charge is 2.21. The van der Waals surface area contributed by atoms with E-state index in [1.165, 1.54) is 32.1 Å². The minimum Gasteiger partial charge on any atom is -0.376 e. The maximum Gasteiger partial charge on any atom is 0.319 e. The number of nitrogens with zero attached hydrogens (tertiary/aromatic N) is 2. The van der Waals surface area contributed by atoms with Crippen molar-refractivity contribution in [1.29, 1.82) is 0 Å². The Balaban J connectivity index is 1.42. The van der Waals surface area contributed by atoms with Gasteiger partial charge in [0.15, 0.2) is 5.82 Å². The molecule has 3 rings (SSSR count). The van der Waals surface area contributed by atoms with Gasteiger partial charge in [-0.05, 0) is 43.7 Å². The monoisotopic (exact) mass is 346 g/mol. The molecule has 0 radical (unpaired) electrons. The lowest BCUT2D eigenvalue weighted by Gasteiger charge is -2.28. The molecule has 138 valence electrons. The molecule has 0 unspecified atom stereocenters. The minimum absolute atomic E-state index is 0.200. The molecule has 2 N–H and O–H groups in total. The zero-order valence-electron chi connectivity index (χ0n) is 15.2. The summed E-state index contributed by atoms with van der Waals surface area (Å²) >= 11 is 0. The van der Waals surface area contributed by atoms with Crippen LogP contribution in [-0.2, 0) is 4.74 Å². The Labute approximate surface area is 150 Å². The molecule has 2 atom stereocenters. The van der Waals surface area contributed by atoms with Crippen LogP contribution in [0.25, 0.3) is 0 Å². The summed E-state index contributed by atoms with van der Waals surface area (Å²) in [6.07, 6.45) is 9.43. The van der Waals surface area contributed by atoms with Gasteiger partial charge in [-0.25, -0.2) is 9.78 Å². The SMILES string of the molecule is C[C@H]1CCCC[C@H]1OCCNC(=O)Nc1cccnc1N1CCCC1. The number of amides is 2. The van der Waals surface area contributed by atoms with Crippen LogP contribution in [0.2, 0.25) is 0 Å². The Morgan fingerprint density at radius 3 is 2.88 bits per heavy atom. The molecule has 2 heterocycles. The van der Waals surface area contributed by atoms with Crippen LogP contribution in [0.4, 0.5) is 16.3 Å². The first-order chi connectivity index (χ1) is 12.2. The van der Waals surface area contributed by atoms with Crippen molar-refractivity contribution in [2.75, 3.05) is 36.5 Å². The third-order valence-electron chi connectivity index (χ3n) is 5.19. The number of hydrogen-bond donors (Lipinski definition) is 2. The van der Waals surface area contributed by atoms with Gasteiger partial charge in [-0.15, -0.1) is 0 Å². The Hall–Kier alpha value is -1.82. The van der Waals surface area contributed by atoms with Gasteiger partial charge >= 0.3 is 6.03 Å². The number of pyridine rings is 1. The maximum atomic E-state index is 12.2. The predicted octanol–water partition coefficient (Wildman–Crippen LogP) is 3.40. The van der Waals surface area contributed by atoms with Crippen LogP contribution in [0.3, 0.4) is 0 Å². The molecule has 0 bridgehead atoms. The number of anilines is 2. The molecule has 1 aliphatic heterocycles. The van der Waals surface area contributed by atoms with Crippen molar-refractivity contribution in [3.63, 3.8) is 0 Å². The second-order valence-corrected chi connectivity index (χ2v) is 7.12. The highest BCUT2D eigenvalue weighted by molar-refractivity contribution is 5.92. The number of hydrogen-bond acceptors (Lipinski definition) is 4. The summed E-state index contributed by atoms with van der Waals surface area (Å²) in [5, 5.41) is 5.81. The third-order valence-corrected chi connectivity index (χ3v) is 5.19. The fourth-order valence-corrected chi connectivity index (χ4v) is 3.75. The van der Waals surface area contributed by atoms with Crippen LogP contribution in [0.5, 0.6) is 0 Å². The molecule has 0 aromatic carbocycles. The van der Waals surface area contributed by atoms with Gasteiger partial charge in [-0.1, -0.05) is 19.8 Å². The van der Waals surface area contributed by atoms with E-state index in [1.54, 1.807) is 6.20 Å². The Kier molecular flexibility index (Phi) is 6.50. The van der Waals surface area contributed by atoms with Crippen molar-refractivity contribution in [3.05, 3.63) is 18.3 Å². The summed E-state index contributed by atoms with van der Waals surface area (Å²) in [7, 11) is 0. The summed E-state index contributed by atoms with van der Waals surface area (Å²) in [6, 6.07) is 3.55. The van der Waals surface area contributed by atoms with E-state index in [1.807, 2.05) is 12.1 Å². The van der Waals surface area contributed by atoms with E-state index in [4.69, 9.17) is 4.74 Å². The van der Waals surface area contributed by atoms with Gasteiger partial charge in [0.1, 0.15) is 0 Å². The molecule has 0 spiro atoms. The Morgan fingerprint density at radius 2 is 2.08 bits per heavy atom. The smallest absolute Gasteiger partial charge is 0.319 e. The molecule has 2 aliphatic rings. The van der Waals surface area contributed by atoms with E-state index in [-0.39, 0.29) is 6.03 Å². The fourth-order valence-electron chi connectivity index (χ4n) is 3.75. The van der Waals surface area contributed by atoms with Crippen LogP contribution in [0.1, 0.15) is 45.4 Å². The summed E-state index contributed by atoms with van der Waals surface area (Å²) in [5.74, 6) is 1.49. The molecule has 6 nitrogen and oxygen atoms in total. The van der Waals surface area contributed by atoms with Gasteiger partial charge in [0, 0.05) is 25.8 Å². The van der Waals surface area contributed by atoms with E-state index < -0.39 is 0 Å². The summed E-state index contributed by atoms with van der Waals surface area (Å²) in [5.41, 5.74) is 0.767. The highest BCUT2D eigenvalue weighted by Crippen LogP contribution is 2.27. The molecule has 1 saturated heterocycles. The van der Waals surface area contributed by atoms with E-state index in [9.17, 15) is 4.79 Å². The molecule has 1 aromatic rings. The first kappa shape index (κ1) is 18.0. The van der Waals surface area contributed by atoms with Crippen LogP contribution >= 0.6 is 0 Å². The number of carbonyl (C=O) groups excluding carboxylic acids is 1. The number of urea groups is 1. The lowest BCUT2D eigenvalue weighted by Crippen LogP contribution is -2.34. The standard InChI is InChI=1S/C19H30N4O2/c1-15-7-2-3-9-17(15)25-14-11-21-19(24)22-16-8-6-10-20-18(16)23-12-4-5-13-23/h6,8,10,15,17H,2-5,7,9,11-14H2,1H3,(H2,21,22,24)/t15-,17+/m0/s1. The van der Waals surface area contributed by atoms with Gasteiger partial charge in [-0.2, -0.15) is 0 Å². The fraction of sp³-hybridized carbons (Fsp3) is 0.684. The molecule has 6 heteroatoms. The molecule has 25 heavy (non-hydrogen) atoms. The average molecular weight is 346 g/mol. The second-order valence-electron chi connectivity index (χ2n) is 7.12. The molecule has 1 saturated carbocycles. The Morgan fingerprint density at radius 1 is 1.28 bits per heavy atom. The van der Waals surface area contributed by atoms with Crippen molar-refractivity contribution in [1.82, 2.24) is 10.3 Å². The van der Waals surface area contributed by atoms with Crippen molar-refractivity contribution in [2.24, 2.45) is 5.92 Å². The van der Waals surface area contributed by atoms with Crippen LogP contribution in [0.15, 0.2) is 18.3 Å². The summed E-state index contributed by atoms with van der Waals surface area (Å²) < 4.78 is 5.94. The van der Waals surface area contributed by atoms with Gasteiger partial charge in [0.05, 0.1) is 18.4 Å². The first-order valence-electron chi connectivity index (χ1n) is 9.60. The van der Waals surface area contributed by atoms with Crippen molar-refractivity contribution < 1.29 is 9.53 Å². The number of rotatable bonds is 6. The van der Waals surface area contributed by atoms with Crippen molar-refractivity contribution in [2.45, 2.75) is 51.6 Å². The quantitative estimate of drug-likeness (QED) is 0.775. The molecule has 1 aromatic heterocycles. The number of ether oxygens (including phenoxy) is 1. The number of nitrogens with one attached hydrogen (secondary N) is 2. The molecular weight excluding hydrogens is 316 g/mol. The molecule has 2 amide bonds. The first-order valence-corrected chi connectivity index (χ1v) is 9.60. The van der Waals surface area contributed by atoms with E-state index in [2.05, 4.69) is 27.4 Å². The predicted molar refractivity (Wildman–Crippen MR) is 100 cm³/mol. The Bertz CT molecular complexity index is 560. The summed E-state index contributed by atoms with van der Waals surface area (Å²) in [4.78, 5) is 18.8. The van der Waals surface area contributed by atoms with Crippen molar-refractivity contribution >= 4 is 17.5 Å². The molecule has 1 aliphatic carbocycles. The van der Waals surface area contributed by atoms with E-state index in [0.29, 0.717) is 25.2 Å². The minimum atomic E-state index is -0.200. The van der Waals surface area contributed by atoms with Crippen LogP contribution in [-0.4, -0.2) is 43.4 Å². The van der Waals surface area contributed by atoms with Crippen molar-refractivity contribution in [3.8, 4) is 0 Å². The van der Waals surface area contributed by atoms with E-state index >= 15 is 0 Å². The maximum absolute atomic E-state index is 12.2. The number of aromatic nitrogens is 1. The third kappa shape index (κ3) is 5.08. The van der Waals surface area contributed by atoms with Gasteiger partial charge in [-0.3, -0.25) is 0 Å². The molecular formula is C19H30N4O2. The average Bonchev–Trinajstić information content (AvgIpc) is 3.15. The zero-order valence-corrected chi connectivity index (χ0v) is 15.2. The highest BCUT2D eigenvalue weighted by atomic mass is 16.5. The lowest BCUT2D eigenvalue weighted by atomic mass is 9.88. The van der Waals surface area contributed by atoms with Crippen LogP contribution in [0, 0.1) is 5.92 Å². The van der Waals surface area contributed by atoms with Gasteiger partial charge < -0.3 is 20.3 Å². The lowest BCUT2D eigenvalue weighted by molar-refractivity contribution is -0.00232. The summed E-state index contributed by atoms with van der Waals surface area (Å²) in [6.45, 7) is 5.34. The normalized spacial score (nSPS) is 23.5. The van der Waals surface area contributed by atoms with E-state index in [0.717, 1.165) is 31.0 Å². The van der Waals surface area contributed by atoms with Gasteiger partial charge in [0.25, 0.3) is 0 Å². The van der Waals surface area contributed by atoms with Gasteiger partial charge in [0.2, 0.25) is 0 Å². The molecule has 2 fully saturated rings. The number of carbonyl (C=O) groups is 1. The second kappa shape index (κ2) is 9.04.